The number of nitrogens with one attached hydrogen (secondary N) is 2. The lowest BCUT2D eigenvalue weighted by atomic mass is 10.00. The van der Waals surface area contributed by atoms with Crippen LogP contribution in [-0.2, 0) is 32.5 Å². The molecule has 3 N–H and O–H groups in total. The molecular weight excluding hydrogens is 549 g/mol. The van der Waals surface area contributed by atoms with Crippen LogP contribution >= 0.6 is 12.4 Å². The topological polar surface area (TPSA) is 127 Å². The predicted octanol–water partition coefficient (Wildman–Crippen LogP) is 3.44. The molecule has 1 unspecified atom stereocenters. The highest BCUT2D eigenvalue weighted by atomic mass is 35.5. The summed E-state index contributed by atoms with van der Waals surface area (Å²) in [5.41, 5.74) is 2.48. The van der Waals surface area contributed by atoms with Gasteiger partial charge in [0.2, 0.25) is 0 Å². The lowest BCUT2D eigenvalue weighted by Crippen LogP contribution is -2.49. The van der Waals surface area contributed by atoms with Crippen LogP contribution in [-0.4, -0.2) is 54.4 Å². The van der Waals surface area contributed by atoms with Crippen LogP contribution in [0.4, 0.5) is 4.39 Å². The minimum atomic E-state index is -3.89. The van der Waals surface area contributed by atoms with Gasteiger partial charge < -0.3 is 14.6 Å². The maximum absolute atomic E-state index is 15.0. The molecule has 0 saturated heterocycles. The number of hydrogen-bond acceptors (Lipinski definition) is 7. The van der Waals surface area contributed by atoms with Crippen molar-refractivity contribution in [2.45, 2.75) is 50.6 Å². The van der Waals surface area contributed by atoms with Crippen molar-refractivity contribution in [3.05, 3.63) is 70.4 Å². The molecule has 39 heavy (non-hydrogen) atoms. The summed E-state index contributed by atoms with van der Waals surface area (Å²) in [6.07, 6.45) is 2.18. The standard InChI is InChI=1S/C27H34FN3O6S.ClH/c1-26(2,37-4)17-29-16-18-6-8-21(23(28)14-18)19-7-9-22-20(15-19)10-12-31(24(22)32)13-11-27(3,25(33)30-34)38(5,35)36;/h6-10,12,14-15,29,34H,11,13,16-17H2,1-5H3,(H,30,33);1H. The lowest BCUT2D eigenvalue weighted by molar-refractivity contribution is -0.131. The molecule has 9 nitrogen and oxygen atoms in total. The second-order valence-corrected chi connectivity index (χ2v) is 12.6. The summed E-state index contributed by atoms with van der Waals surface area (Å²) in [6, 6.07) is 11.7. The monoisotopic (exact) mass is 583 g/mol. The van der Waals surface area contributed by atoms with Gasteiger partial charge in [0, 0.05) is 50.1 Å². The third-order valence-corrected chi connectivity index (χ3v) is 9.01. The van der Waals surface area contributed by atoms with Crippen LogP contribution in [0.3, 0.4) is 0 Å². The molecule has 0 fully saturated rings. The van der Waals surface area contributed by atoms with E-state index in [1.807, 2.05) is 19.9 Å². The number of ether oxygens (including phenoxy) is 1. The number of carbonyl (C=O) groups excluding carboxylic acids is 1. The number of hydrogen-bond donors (Lipinski definition) is 3. The maximum atomic E-state index is 15.0. The summed E-state index contributed by atoms with van der Waals surface area (Å²) in [6.45, 7) is 6.14. The highest BCUT2D eigenvalue weighted by Crippen LogP contribution is 2.27. The van der Waals surface area contributed by atoms with Crippen LogP contribution in [0.5, 0.6) is 0 Å². The van der Waals surface area contributed by atoms with Crippen molar-refractivity contribution in [3.63, 3.8) is 0 Å². The van der Waals surface area contributed by atoms with E-state index >= 15 is 0 Å². The van der Waals surface area contributed by atoms with Crippen LogP contribution < -0.4 is 16.4 Å². The van der Waals surface area contributed by atoms with E-state index in [9.17, 15) is 22.4 Å². The first-order chi connectivity index (χ1) is 17.7. The quantitative estimate of drug-likeness (QED) is 0.233. The van der Waals surface area contributed by atoms with Crippen molar-refractivity contribution in [3.8, 4) is 11.1 Å². The van der Waals surface area contributed by atoms with E-state index in [1.165, 1.54) is 29.2 Å². The number of fused-ring (bicyclic) bond motifs is 1. The first kappa shape index (κ1) is 32.4. The minimum Gasteiger partial charge on any atom is -0.377 e. The van der Waals surface area contributed by atoms with Gasteiger partial charge in [-0.05, 0) is 68.0 Å². The van der Waals surface area contributed by atoms with Gasteiger partial charge in [0.15, 0.2) is 14.6 Å². The van der Waals surface area contributed by atoms with Crippen LogP contribution in [0, 0.1) is 5.82 Å². The average Bonchev–Trinajstić information content (AvgIpc) is 2.86. The first-order valence-corrected chi connectivity index (χ1v) is 13.9. The van der Waals surface area contributed by atoms with Crippen LogP contribution in [0.2, 0.25) is 0 Å². The van der Waals surface area contributed by atoms with Gasteiger partial charge in [-0.3, -0.25) is 14.8 Å². The number of halogens is 2. The van der Waals surface area contributed by atoms with Gasteiger partial charge in [-0.15, -0.1) is 12.4 Å². The smallest absolute Gasteiger partial charge is 0.264 e. The Bertz CT molecular complexity index is 1510. The minimum absolute atomic E-state index is 0. The molecule has 214 valence electrons. The Balaban J connectivity index is 0.00000533. The Labute approximate surface area is 233 Å². The van der Waals surface area contributed by atoms with E-state index in [-0.39, 0.29) is 42.4 Å². The Morgan fingerprint density at radius 1 is 1.13 bits per heavy atom. The number of hydroxylamine groups is 1. The number of amides is 1. The number of rotatable bonds is 11. The second kappa shape index (κ2) is 12.6. The van der Waals surface area contributed by atoms with Gasteiger partial charge in [-0.1, -0.05) is 18.2 Å². The van der Waals surface area contributed by atoms with Gasteiger partial charge in [-0.25, -0.2) is 18.3 Å². The zero-order chi connectivity index (χ0) is 28.3. The van der Waals surface area contributed by atoms with Crippen molar-refractivity contribution in [1.29, 1.82) is 0 Å². The summed E-state index contributed by atoms with van der Waals surface area (Å²) in [5.74, 6) is -1.45. The first-order valence-electron chi connectivity index (χ1n) is 12.0. The second-order valence-electron chi connectivity index (χ2n) is 10.2. The van der Waals surface area contributed by atoms with Gasteiger partial charge in [0.25, 0.3) is 11.5 Å². The highest BCUT2D eigenvalue weighted by Gasteiger charge is 2.43. The third kappa shape index (κ3) is 7.23. The van der Waals surface area contributed by atoms with Crippen LogP contribution in [0.25, 0.3) is 21.9 Å². The van der Waals surface area contributed by atoms with E-state index in [0.717, 1.165) is 11.8 Å². The highest BCUT2D eigenvalue weighted by molar-refractivity contribution is 7.92. The molecule has 3 aromatic rings. The fraction of sp³-hybridized carbons (Fsp3) is 0.407. The molecule has 2 aromatic carbocycles. The van der Waals surface area contributed by atoms with Crippen molar-refractivity contribution in [1.82, 2.24) is 15.4 Å². The molecule has 1 atom stereocenters. The molecule has 0 spiro atoms. The lowest BCUT2D eigenvalue weighted by Gasteiger charge is -2.25. The summed E-state index contributed by atoms with van der Waals surface area (Å²) >= 11 is 0. The van der Waals surface area contributed by atoms with Gasteiger partial charge >= 0.3 is 0 Å². The number of carbonyl (C=O) groups is 1. The predicted molar refractivity (Wildman–Crippen MR) is 151 cm³/mol. The molecule has 1 heterocycles. The summed E-state index contributed by atoms with van der Waals surface area (Å²) in [7, 11) is -2.25. The number of nitrogens with zero attached hydrogens (tertiary/aromatic N) is 1. The van der Waals surface area contributed by atoms with Crippen LogP contribution in [0.15, 0.2) is 53.5 Å². The number of aromatic nitrogens is 1. The summed E-state index contributed by atoms with van der Waals surface area (Å²) in [4.78, 5) is 25.1. The van der Waals surface area contributed by atoms with Crippen molar-refractivity contribution in [2.24, 2.45) is 0 Å². The number of benzene rings is 2. The number of pyridine rings is 1. The van der Waals surface area contributed by atoms with Gasteiger partial charge in [-0.2, -0.15) is 0 Å². The molecular formula is C27H35ClFN3O6S. The normalized spacial score (nSPS) is 13.5. The maximum Gasteiger partial charge on any atom is 0.264 e. The average molecular weight is 584 g/mol. The molecule has 0 saturated carbocycles. The van der Waals surface area contributed by atoms with E-state index in [2.05, 4.69) is 5.32 Å². The number of sulfone groups is 1. The molecule has 0 radical (unpaired) electrons. The Morgan fingerprint density at radius 2 is 1.82 bits per heavy atom. The Kier molecular flexibility index (Phi) is 10.4. The van der Waals surface area contributed by atoms with Crippen molar-refractivity contribution in [2.75, 3.05) is 19.9 Å². The molecule has 1 amide bonds. The third-order valence-electron chi connectivity index (χ3n) is 6.98. The van der Waals surface area contributed by atoms with Crippen molar-refractivity contribution < 1.29 is 27.5 Å². The van der Waals surface area contributed by atoms with E-state index < -0.39 is 20.5 Å². The van der Waals surface area contributed by atoms with E-state index in [0.29, 0.717) is 35.0 Å². The fourth-order valence-corrected chi connectivity index (χ4v) is 4.88. The van der Waals surface area contributed by atoms with E-state index in [1.54, 1.807) is 37.4 Å². The molecule has 3 rings (SSSR count). The number of methoxy groups -OCH3 is 1. The van der Waals surface area contributed by atoms with Gasteiger partial charge in [0.1, 0.15) is 5.82 Å². The molecule has 0 aliphatic rings. The SMILES string of the molecule is COC(C)(C)CNCc1ccc(-c2ccc3c(=O)n(CCC(C)(C(=O)NO)S(C)(=O)=O)ccc3c2)c(F)c1.Cl. The molecule has 0 aliphatic carbocycles. The Morgan fingerprint density at radius 3 is 2.41 bits per heavy atom. The molecule has 1 aromatic heterocycles. The zero-order valence-electron chi connectivity index (χ0n) is 22.6. The zero-order valence-corrected chi connectivity index (χ0v) is 24.2. The summed E-state index contributed by atoms with van der Waals surface area (Å²) < 4.78 is 44.2. The molecule has 0 bridgehead atoms. The Hall–Kier alpha value is -2.83. The summed E-state index contributed by atoms with van der Waals surface area (Å²) in [5, 5.41) is 13.2. The van der Waals surface area contributed by atoms with Crippen LogP contribution in [0.1, 0.15) is 32.8 Å². The van der Waals surface area contributed by atoms with E-state index in [4.69, 9.17) is 9.94 Å². The van der Waals surface area contributed by atoms with Gasteiger partial charge in [0.05, 0.1) is 5.60 Å². The molecule has 12 heteroatoms. The largest absolute Gasteiger partial charge is 0.377 e. The number of aryl methyl sites for hydroxylation is 1. The molecule has 0 aliphatic heterocycles. The van der Waals surface area contributed by atoms with Crippen molar-refractivity contribution >= 4 is 38.9 Å². The fourth-order valence-electron chi connectivity index (χ4n) is 4.03.